The Hall–Kier alpha value is -8.47. The van der Waals surface area contributed by atoms with Crippen LogP contribution in [-0.4, -0.2) is 288 Å². The molecule has 732 valence electrons. The van der Waals surface area contributed by atoms with Crippen molar-refractivity contribution in [1.82, 2.24) is 25.3 Å². The van der Waals surface area contributed by atoms with E-state index in [1.165, 1.54) is 33.4 Å². The molecule has 0 bridgehead atoms. The molecule has 130 heavy (non-hydrogen) atoms. The molecule has 4 aromatic carbocycles. The zero-order valence-corrected chi connectivity index (χ0v) is 79.9. The van der Waals surface area contributed by atoms with Gasteiger partial charge in [-0.15, -0.1) is 24.8 Å². The first-order chi connectivity index (χ1) is 60.5. The minimum absolute atomic E-state index is 0. The van der Waals surface area contributed by atoms with Crippen LogP contribution in [0.4, 0.5) is 26.7 Å². The average molecular weight is 1870 g/mol. The number of nitrogens with one attached hydrogen (secondary N) is 4. The molecule has 6 saturated heterocycles. The second-order valence-corrected chi connectivity index (χ2v) is 36.1. The number of amides is 4. The number of hydrogen-bond acceptors (Lipinski definition) is 29. The van der Waals surface area contributed by atoms with E-state index >= 15 is 0 Å². The highest BCUT2D eigenvalue weighted by molar-refractivity contribution is 6.01. The zero-order valence-electron chi connectivity index (χ0n) is 78.3. The van der Waals surface area contributed by atoms with Crippen LogP contribution in [0.2, 0.25) is 0 Å². The normalized spacial score (nSPS) is 23.4. The first kappa shape index (κ1) is 114. The number of aliphatic hydroxyl groups is 1. The van der Waals surface area contributed by atoms with E-state index in [9.17, 15) is 43.2 Å². The minimum atomic E-state index is -1.41. The van der Waals surface area contributed by atoms with Gasteiger partial charge in [0.2, 0.25) is 5.91 Å². The van der Waals surface area contributed by atoms with Crippen molar-refractivity contribution in [3.05, 3.63) is 124 Å². The second kappa shape index (κ2) is 55.3. The zero-order chi connectivity index (χ0) is 94.4. The van der Waals surface area contributed by atoms with Gasteiger partial charge in [0.1, 0.15) is 38.9 Å². The second-order valence-electron chi connectivity index (χ2n) is 36.1. The molecule has 9 aliphatic rings. The summed E-state index contributed by atoms with van der Waals surface area (Å²) in [7, 11) is 6.45. The number of aliphatic hydroxyl groups excluding tert-OH is 1. The maximum absolute atomic E-state index is 13.1. The molecule has 9 aliphatic heterocycles. The topological polar surface area (TPSA) is 504 Å². The van der Waals surface area contributed by atoms with Gasteiger partial charge in [-0.05, 0) is 202 Å². The van der Waals surface area contributed by atoms with Gasteiger partial charge in [-0.25, -0.2) is 28.8 Å². The van der Waals surface area contributed by atoms with Crippen molar-refractivity contribution in [3.8, 4) is 0 Å². The van der Waals surface area contributed by atoms with Crippen molar-refractivity contribution in [1.29, 1.82) is 0 Å². The molecule has 4 aromatic rings. The molecule has 6 fully saturated rings. The highest BCUT2D eigenvalue weighted by Gasteiger charge is 2.48. The van der Waals surface area contributed by atoms with Gasteiger partial charge in [-0.2, -0.15) is 0 Å². The predicted molar refractivity (Wildman–Crippen MR) is 499 cm³/mol. The fraction of sp³-hybridized carbons (Fsp3) is 0.645. The number of fused-ring (bicyclic) bond motifs is 3. The molecule has 0 spiro atoms. The summed E-state index contributed by atoms with van der Waals surface area (Å²) >= 11 is 0. The third kappa shape index (κ3) is 38.3. The number of hydrogen-bond donors (Lipinski definition) is 12. The quantitative estimate of drug-likeness (QED) is 0.0162. The van der Waals surface area contributed by atoms with Gasteiger partial charge < -0.3 is 132 Å². The largest absolute Gasteiger partial charge is 0.480 e. The molecule has 9 heterocycles. The third-order valence-corrected chi connectivity index (χ3v) is 22.5. The summed E-state index contributed by atoms with van der Waals surface area (Å²) in [5.41, 5.74) is 32.6. The van der Waals surface area contributed by atoms with Crippen LogP contribution in [-0.2, 0) is 124 Å². The Labute approximate surface area is 778 Å². The number of unbranched alkanes of at least 4 members (excludes halogenated alkanes) is 3. The van der Waals surface area contributed by atoms with Crippen molar-refractivity contribution < 1.29 is 111 Å². The number of aliphatic carboxylic acids is 2. The molecule has 0 aliphatic carbocycles. The number of carbonyl (C=O) groups is 9. The van der Waals surface area contributed by atoms with Gasteiger partial charge in [-0.1, -0.05) is 88.6 Å². The maximum Gasteiger partial charge on any atom is 0.408 e. The van der Waals surface area contributed by atoms with Crippen molar-refractivity contribution in [2.75, 3.05) is 176 Å². The van der Waals surface area contributed by atoms with Crippen molar-refractivity contribution in [2.24, 2.45) is 22.9 Å². The fourth-order valence-corrected chi connectivity index (χ4v) is 14.1. The SMILES string of the molecule is CCCCOC(=O)C1(N)CCOC1.CCCCOC(=O)[C@]1(N)CCOC1.CCCCOC(=O)[C@]1(NC(=O)OC(C)(C)C)CCOC1.CN1CCc2ccc(N)cc2CC1.CN1CCc2ccc(NC(=O)[C@]3(N)CCOC3)cc2CC1.CN1CCc2ccc(NC(=O)[C@]3(NC(=O)OC(C)(C)C)CCOC3)cc2CC1.Cl.Cl.NC1(C(=O)O)CCOC1.O=C(O)[C@@H](O)c1ccccc1. The fourth-order valence-electron chi connectivity index (χ4n) is 14.1. The lowest BCUT2D eigenvalue weighted by Crippen LogP contribution is -2.58. The van der Waals surface area contributed by atoms with E-state index in [0.29, 0.717) is 110 Å². The molecule has 35 nitrogen and oxygen atoms in total. The Morgan fingerprint density at radius 2 is 0.754 bits per heavy atom. The van der Waals surface area contributed by atoms with E-state index in [2.05, 4.69) is 87.4 Å². The summed E-state index contributed by atoms with van der Waals surface area (Å²) in [6.07, 6.45) is 12.2. The summed E-state index contributed by atoms with van der Waals surface area (Å²) in [4.78, 5) is 112. The van der Waals surface area contributed by atoms with Gasteiger partial charge in [-0.3, -0.25) is 14.4 Å². The molecule has 37 heteroatoms. The molecule has 0 aromatic heterocycles. The van der Waals surface area contributed by atoms with Crippen LogP contribution in [0.3, 0.4) is 0 Å². The van der Waals surface area contributed by atoms with E-state index < -0.39 is 80.6 Å². The van der Waals surface area contributed by atoms with Crippen LogP contribution >= 0.6 is 24.8 Å². The number of nitrogen functional groups attached to an aromatic ring is 1. The predicted octanol–water partition coefficient (Wildman–Crippen LogP) is 8.16. The van der Waals surface area contributed by atoms with Crippen LogP contribution in [0.15, 0.2) is 84.9 Å². The number of alkyl carbamates (subject to hydrolysis) is 2. The number of rotatable bonds is 21. The average Bonchev–Trinajstić information content (AvgIpc) is 1.64. The van der Waals surface area contributed by atoms with Crippen molar-refractivity contribution in [2.45, 2.75) is 228 Å². The molecular formula is C93H148Cl2N12O23. The van der Waals surface area contributed by atoms with Gasteiger partial charge >= 0.3 is 42.0 Å². The number of likely N-dealkylation sites (N-methyl/N-ethyl adjacent to an activating group) is 3. The Bertz CT molecular complexity index is 4120. The minimum Gasteiger partial charge on any atom is -0.480 e. The van der Waals surface area contributed by atoms with E-state index in [0.717, 1.165) is 133 Å². The number of halogens is 2. The number of carbonyl (C=O) groups excluding carboxylic acids is 7. The molecule has 4 amide bonds. The van der Waals surface area contributed by atoms with Crippen LogP contribution < -0.4 is 49.9 Å². The number of anilines is 3. The Balaban J connectivity index is 0.000000318. The molecular weight excluding hydrogens is 1720 g/mol. The van der Waals surface area contributed by atoms with E-state index in [1.807, 2.05) is 45.0 Å². The lowest BCUT2D eigenvalue weighted by atomic mass is 9.97. The number of nitrogens with two attached hydrogens (primary N) is 5. The van der Waals surface area contributed by atoms with Gasteiger partial charge in [0.15, 0.2) is 11.6 Å². The summed E-state index contributed by atoms with van der Waals surface area (Å²) in [6.45, 7) is 28.8. The highest BCUT2D eigenvalue weighted by atomic mass is 35.5. The van der Waals surface area contributed by atoms with Crippen molar-refractivity contribution >= 4 is 95.7 Å². The third-order valence-electron chi connectivity index (χ3n) is 22.5. The van der Waals surface area contributed by atoms with E-state index in [-0.39, 0.29) is 81.6 Å². The molecule has 13 rings (SSSR count). The number of nitrogens with zero attached hydrogens (tertiary/aromatic N) is 3. The van der Waals surface area contributed by atoms with Crippen LogP contribution in [0.1, 0.15) is 184 Å². The number of ether oxygens (including phenoxy) is 11. The molecule has 0 radical (unpaired) electrons. The molecule has 17 N–H and O–H groups in total. The summed E-state index contributed by atoms with van der Waals surface area (Å²) in [5, 5.41) is 37.1. The Morgan fingerprint density at radius 1 is 0.423 bits per heavy atom. The summed E-state index contributed by atoms with van der Waals surface area (Å²) in [5.74, 6) is -3.71. The number of esters is 3. The summed E-state index contributed by atoms with van der Waals surface area (Å²) < 4.78 is 56.6. The van der Waals surface area contributed by atoms with E-state index in [1.54, 1.807) is 71.9 Å². The first-order valence-corrected chi connectivity index (χ1v) is 44.7. The van der Waals surface area contributed by atoms with Gasteiger partial charge in [0, 0.05) is 128 Å². The Kier molecular flexibility index (Phi) is 48.4. The summed E-state index contributed by atoms with van der Waals surface area (Å²) in [6, 6.07) is 26.8. The van der Waals surface area contributed by atoms with Crippen molar-refractivity contribution in [3.63, 3.8) is 0 Å². The number of carboxylic acids is 2. The first-order valence-electron chi connectivity index (χ1n) is 44.7. The van der Waals surface area contributed by atoms with Gasteiger partial charge in [0.05, 0.1) is 59.5 Å². The van der Waals surface area contributed by atoms with Crippen LogP contribution in [0.5, 0.6) is 0 Å². The number of carboxylic acid groups (broad SMARTS) is 2. The molecule has 2 unspecified atom stereocenters. The van der Waals surface area contributed by atoms with E-state index in [4.69, 9.17) is 96.1 Å². The number of benzene rings is 4. The smallest absolute Gasteiger partial charge is 0.408 e. The van der Waals surface area contributed by atoms with Crippen LogP contribution in [0.25, 0.3) is 0 Å². The highest BCUT2D eigenvalue weighted by Crippen LogP contribution is 2.29. The lowest BCUT2D eigenvalue weighted by molar-refractivity contribution is -0.152. The Morgan fingerprint density at radius 3 is 1.10 bits per heavy atom. The maximum atomic E-state index is 13.1. The molecule has 0 saturated carbocycles. The van der Waals surface area contributed by atoms with Gasteiger partial charge in [0.25, 0.3) is 5.91 Å². The molecule has 7 atom stereocenters. The van der Waals surface area contributed by atoms with Crippen LogP contribution in [0, 0.1) is 0 Å². The lowest BCUT2D eigenvalue weighted by Gasteiger charge is -2.29. The monoisotopic (exact) mass is 1870 g/mol. The standard InChI is InChI=1S/C21H31N3O4.C16H23N3O2.C14H25NO5.C11H16N2.2C9H17NO3.C8H8O3.C5H9NO3.2ClH/c1-20(2,3)28-19(26)23-21(9-12-27-14-21)18(25)22-17-6-5-15-7-10-24(4)11-8-16(15)13-17;1-19-7-4-12-2-3-14(10-13(12)5-8-19)18-15(20)16(17)6-9-21-11-16;1-5-6-8-19-11(16)14(7-9-18-10-14)15-12(17)20-13(2,3)4;1-13-6-4-9-2-3-11(12)8-10(9)5-7-13;2*1-2-3-5-13-8(11)9(10)4-6-12-7-9;9-7(8(10)11)6-4-2-1-3-5-6;6-5(4(7)8)1-2-9-3-5;;/h5-6,13H,7-12,14H2,1-4H3,(H,22,25)(H,23,26);2-3,10H,4-9,11,17H2,1H3,(H,18,20);5-10H2,1-4H3,(H,15,17);2-3,8H,4-7,12H2,1H3;2*2-7,10H2,1H3;1-5,7,9H,(H,10,11);1-3,6H2,(H,7,8);2*1H/t21-;16-;14-;;9-;;7-;;;/m000.0.0.../s1.